The highest BCUT2D eigenvalue weighted by Crippen LogP contribution is 2.32. The minimum Gasteiger partial charge on any atom is -0.313 e. The van der Waals surface area contributed by atoms with Crippen LogP contribution in [0.15, 0.2) is 18.2 Å². The largest absolute Gasteiger partial charge is 0.313 e. The molecule has 6 heteroatoms. The van der Waals surface area contributed by atoms with Crippen LogP contribution in [0.1, 0.15) is 18.4 Å². The van der Waals surface area contributed by atoms with Crippen molar-refractivity contribution in [1.29, 1.82) is 0 Å². The number of hydrogen-bond acceptors (Lipinski definition) is 2. The molecule has 2 nitrogen and oxygen atoms in total. The van der Waals surface area contributed by atoms with E-state index in [0.717, 1.165) is 18.9 Å². The number of halogens is 4. The molecule has 1 aromatic rings. The highest BCUT2D eigenvalue weighted by molar-refractivity contribution is 6.30. The van der Waals surface area contributed by atoms with Gasteiger partial charge in [-0.3, -0.25) is 0 Å². The molecule has 19 heavy (non-hydrogen) atoms. The summed E-state index contributed by atoms with van der Waals surface area (Å²) < 4.78 is 41.2. The number of alkyl halides is 2. The molecule has 0 bridgehead atoms. The van der Waals surface area contributed by atoms with E-state index in [4.69, 9.17) is 11.6 Å². The molecule has 0 aromatic heterocycles. The molecule has 0 amide bonds. The zero-order valence-corrected chi connectivity index (χ0v) is 11.1. The fraction of sp³-hybridized carbons (Fsp3) is 0.538. The van der Waals surface area contributed by atoms with E-state index in [1.807, 2.05) is 0 Å². The number of nitrogens with one attached hydrogen (secondary N) is 2. The van der Waals surface area contributed by atoms with Crippen LogP contribution in [-0.4, -0.2) is 25.7 Å². The first kappa shape index (κ1) is 14.6. The van der Waals surface area contributed by atoms with Crippen molar-refractivity contribution in [3.05, 3.63) is 34.6 Å². The van der Waals surface area contributed by atoms with Crippen LogP contribution in [0.25, 0.3) is 0 Å². The maximum Gasteiger partial charge on any atom is 0.288 e. The van der Waals surface area contributed by atoms with E-state index in [9.17, 15) is 13.2 Å². The summed E-state index contributed by atoms with van der Waals surface area (Å²) in [6.45, 7) is 0.462. The molecule has 1 aromatic carbocycles. The SMILES string of the molecule is Fc1c(Cl)cccc1C(F)(F)CNCCNC1CC1. The van der Waals surface area contributed by atoms with Crippen molar-refractivity contribution < 1.29 is 13.2 Å². The second-order valence-electron chi connectivity index (χ2n) is 4.71. The van der Waals surface area contributed by atoms with E-state index in [2.05, 4.69) is 10.6 Å². The molecule has 1 aliphatic carbocycles. The van der Waals surface area contributed by atoms with Crippen LogP contribution in [0.4, 0.5) is 13.2 Å². The molecule has 0 unspecified atom stereocenters. The Balaban J connectivity index is 1.83. The minimum absolute atomic E-state index is 0.285. The summed E-state index contributed by atoms with van der Waals surface area (Å²) in [6, 6.07) is 4.19. The Morgan fingerprint density at radius 2 is 2.00 bits per heavy atom. The van der Waals surface area contributed by atoms with Crippen molar-refractivity contribution >= 4 is 11.6 Å². The molecule has 1 aliphatic rings. The van der Waals surface area contributed by atoms with E-state index in [-0.39, 0.29) is 5.02 Å². The summed E-state index contributed by atoms with van der Waals surface area (Å²) >= 11 is 5.51. The van der Waals surface area contributed by atoms with E-state index < -0.39 is 23.8 Å². The molecule has 0 spiro atoms. The van der Waals surface area contributed by atoms with Crippen molar-refractivity contribution in [1.82, 2.24) is 10.6 Å². The molecular weight excluding hydrogens is 277 g/mol. The average molecular weight is 293 g/mol. The molecule has 0 aliphatic heterocycles. The van der Waals surface area contributed by atoms with Crippen LogP contribution in [0.5, 0.6) is 0 Å². The summed E-state index contributed by atoms with van der Waals surface area (Å²) in [5.74, 6) is -4.32. The molecule has 106 valence electrons. The van der Waals surface area contributed by atoms with Gasteiger partial charge in [-0.05, 0) is 25.0 Å². The fourth-order valence-electron chi connectivity index (χ4n) is 1.78. The molecule has 0 saturated heterocycles. The van der Waals surface area contributed by atoms with E-state index in [0.29, 0.717) is 19.1 Å². The number of benzene rings is 1. The van der Waals surface area contributed by atoms with Crippen LogP contribution in [-0.2, 0) is 5.92 Å². The molecule has 1 fully saturated rings. The van der Waals surface area contributed by atoms with Gasteiger partial charge in [-0.15, -0.1) is 0 Å². The highest BCUT2D eigenvalue weighted by Gasteiger charge is 2.34. The van der Waals surface area contributed by atoms with Gasteiger partial charge >= 0.3 is 0 Å². The van der Waals surface area contributed by atoms with Gasteiger partial charge in [-0.1, -0.05) is 17.7 Å². The Labute approximate surface area is 115 Å². The Kier molecular flexibility index (Phi) is 4.71. The van der Waals surface area contributed by atoms with Gasteiger partial charge in [-0.25, -0.2) is 4.39 Å². The third-order valence-electron chi connectivity index (χ3n) is 3.00. The van der Waals surface area contributed by atoms with Crippen LogP contribution < -0.4 is 10.6 Å². The van der Waals surface area contributed by atoms with Gasteiger partial charge in [0.15, 0.2) is 5.82 Å². The van der Waals surface area contributed by atoms with Gasteiger partial charge in [0.05, 0.1) is 17.1 Å². The molecule has 2 N–H and O–H groups in total. The van der Waals surface area contributed by atoms with Gasteiger partial charge in [0.1, 0.15) is 0 Å². The monoisotopic (exact) mass is 292 g/mol. The van der Waals surface area contributed by atoms with Gasteiger partial charge < -0.3 is 10.6 Å². The van der Waals surface area contributed by atoms with Crippen LogP contribution in [0, 0.1) is 5.82 Å². The molecular formula is C13H16ClF3N2. The number of hydrogen-bond donors (Lipinski definition) is 2. The predicted molar refractivity (Wildman–Crippen MR) is 69.2 cm³/mol. The Hall–Kier alpha value is -0.780. The highest BCUT2D eigenvalue weighted by atomic mass is 35.5. The van der Waals surface area contributed by atoms with Crippen molar-refractivity contribution in [3.8, 4) is 0 Å². The van der Waals surface area contributed by atoms with E-state index in [1.165, 1.54) is 12.1 Å². The second kappa shape index (κ2) is 6.11. The van der Waals surface area contributed by atoms with Gasteiger partial charge in [0.2, 0.25) is 0 Å². The van der Waals surface area contributed by atoms with E-state index >= 15 is 0 Å². The smallest absolute Gasteiger partial charge is 0.288 e. The zero-order chi connectivity index (χ0) is 13.9. The lowest BCUT2D eigenvalue weighted by molar-refractivity contribution is -0.00625. The van der Waals surface area contributed by atoms with Crippen molar-refractivity contribution in [2.24, 2.45) is 0 Å². The van der Waals surface area contributed by atoms with Crippen molar-refractivity contribution in [2.45, 2.75) is 24.8 Å². The van der Waals surface area contributed by atoms with Crippen LogP contribution in [0.2, 0.25) is 5.02 Å². The summed E-state index contributed by atoms with van der Waals surface area (Å²) in [6.07, 6.45) is 2.31. The first-order valence-corrected chi connectivity index (χ1v) is 6.65. The van der Waals surface area contributed by atoms with Crippen molar-refractivity contribution in [2.75, 3.05) is 19.6 Å². The summed E-state index contributed by atoms with van der Waals surface area (Å²) in [5, 5.41) is 5.55. The molecule has 0 heterocycles. The summed E-state index contributed by atoms with van der Waals surface area (Å²) in [4.78, 5) is 0. The van der Waals surface area contributed by atoms with Crippen LogP contribution >= 0.6 is 11.6 Å². The minimum atomic E-state index is -3.27. The van der Waals surface area contributed by atoms with Crippen molar-refractivity contribution in [3.63, 3.8) is 0 Å². The van der Waals surface area contributed by atoms with Gasteiger partial charge in [0.25, 0.3) is 5.92 Å². The van der Waals surface area contributed by atoms with E-state index in [1.54, 1.807) is 0 Å². The third-order valence-corrected chi connectivity index (χ3v) is 3.30. The molecule has 0 atom stereocenters. The Bertz CT molecular complexity index is 436. The van der Waals surface area contributed by atoms with Gasteiger partial charge in [-0.2, -0.15) is 8.78 Å². The molecule has 0 radical (unpaired) electrons. The standard InChI is InChI=1S/C13H16ClF3N2/c14-11-3-1-2-10(12(11)15)13(16,17)8-18-6-7-19-9-4-5-9/h1-3,9,18-19H,4-8H2. The Morgan fingerprint density at radius 3 is 2.68 bits per heavy atom. The normalized spacial score (nSPS) is 15.8. The zero-order valence-electron chi connectivity index (χ0n) is 10.4. The summed E-state index contributed by atoms with van der Waals surface area (Å²) in [7, 11) is 0. The maximum absolute atomic E-state index is 13.8. The number of rotatable bonds is 7. The van der Waals surface area contributed by atoms with Crippen LogP contribution in [0.3, 0.4) is 0 Å². The topological polar surface area (TPSA) is 24.1 Å². The Morgan fingerprint density at radius 1 is 1.26 bits per heavy atom. The van der Waals surface area contributed by atoms with Gasteiger partial charge in [0, 0.05) is 19.1 Å². The first-order valence-electron chi connectivity index (χ1n) is 6.27. The maximum atomic E-state index is 13.8. The molecule has 1 saturated carbocycles. The predicted octanol–water partition coefficient (Wildman–Crippen LogP) is 2.91. The lowest BCUT2D eigenvalue weighted by atomic mass is 10.1. The molecule has 2 rings (SSSR count). The fourth-order valence-corrected chi connectivity index (χ4v) is 1.95. The lowest BCUT2D eigenvalue weighted by Crippen LogP contribution is -2.36. The quantitative estimate of drug-likeness (QED) is 0.755. The second-order valence-corrected chi connectivity index (χ2v) is 5.12. The summed E-state index contributed by atoms with van der Waals surface area (Å²) in [5.41, 5.74) is -0.664. The third kappa shape index (κ3) is 4.09. The average Bonchev–Trinajstić information content (AvgIpc) is 3.16. The first-order chi connectivity index (χ1) is 9.00. The lowest BCUT2D eigenvalue weighted by Gasteiger charge is -2.18.